The van der Waals surface area contributed by atoms with E-state index < -0.39 is 0 Å². The summed E-state index contributed by atoms with van der Waals surface area (Å²) in [6.45, 7) is 14.7. The number of likely N-dealkylation sites (tertiary alicyclic amines) is 1. The molecule has 23 heavy (non-hydrogen) atoms. The fourth-order valence-corrected chi connectivity index (χ4v) is 3.09. The maximum absolute atomic E-state index is 11.8. The van der Waals surface area contributed by atoms with Crippen molar-refractivity contribution in [2.45, 2.75) is 65.8 Å². The van der Waals surface area contributed by atoms with Gasteiger partial charge in [-0.3, -0.25) is 9.79 Å². The lowest BCUT2D eigenvalue weighted by Crippen LogP contribution is -2.72. The second kappa shape index (κ2) is 7.10. The van der Waals surface area contributed by atoms with Crippen LogP contribution in [0.15, 0.2) is 4.99 Å². The molecule has 2 N–H and O–H groups in total. The van der Waals surface area contributed by atoms with E-state index in [1.165, 1.54) is 6.42 Å². The molecule has 0 bridgehead atoms. The number of hydrogen-bond acceptors (Lipinski definition) is 2. The first-order chi connectivity index (χ1) is 10.8. The summed E-state index contributed by atoms with van der Waals surface area (Å²) in [6.07, 6.45) is 4.23. The minimum atomic E-state index is 0.118. The average Bonchev–Trinajstić information content (AvgIpc) is 2.41. The first-order valence-corrected chi connectivity index (χ1v) is 9.13. The monoisotopic (exact) mass is 322 g/mol. The second-order valence-corrected chi connectivity index (χ2v) is 8.04. The van der Waals surface area contributed by atoms with Crippen LogP contribution in [0, 0.1) is 11.3 Å². The summed E-state index contributed by atoms with van der Waals surface area (Å²) >= 11 is 0. The van der Waals surface area contributed by atoms with Crippen LogP contribution < -0.4 is 10.6 Å². The lowest BCUT2D eigenvalue weighted by atomic mass is 9.65. The fraction of sp³-hybridized carbons (Fsp3) is 0.889. The van der Waals surface area contributed by atoms with Crippen molar-refractivity contribution >= 4 is 11.9 Å². The molecule has 132 valence electrons. The maximum atomic E-state index is 11.8. The van der Waals surface area contributed by atoms with Crippen LogP contribution in [0.25, 0.3) is 0 Å². The van der Waals surface area contributed by atoms with Gasteiger partial charge < -0.3 is 15.5 Å². The first kappa shape index (κ1) is 18.1. The molecule has 1 saturated carbocycles. The van der Waals surface area contributed by atoms with E-state index in [2.05, 4.69) is 50.2 Å². The van der Waals surface area contributed by atoms with Crippen LogP contribution in [-0.2, 0) is 4.79 Å². The predicted octanol–water partition coefficient (Wildman–Crippen LogP) is 2.38. The zero-order valence-electron chi connectivity index (χ0n) is 15.5. The largest absolute Gasteiger partial charge is 0.356 e. The van der Waals surface area contributed by atoms with Crippen molar-refractivity contribution in [2.75, 3.05) is 26.2 Å². The van der Waals surface area contributed by atoms with Crippen molar-refractivity contribution in [1.29, 1.82) is 0 Å². The van der Waals surface area contributed by atoms with Gasteiger partial charge in [-0.2, -0.15) is 0 Å². The second-order valence-electron chi connectivity index (χ2n) is 8.04. The molecule has 2 aliphatic rings. The lowest BCUT2D eigenvalue weighted by Gasteiger charge is -2.62. The Bertz CT molecular complexity index is 452. The van der Waals surface area contributed by atoms with Crippen LogP contribution in [0.1, 0.15) is 60.3 Å². The van der Waals surface area contributed by atoms with E-state index in [0.29, 0.717) is 5.41 Å². The highest BCUT2D eigenvalue weighted by molar-refractivity contribution is 5.82. The van der Waals surface area contributed by atoms with Crippen molar-refractivity contribution in [3.05, 3.63) is 0 Å². The molecule has 0 spiro atoms. The van der Waals surface area contributed by atoms with Gasteiger partial charge in [0.2, 0.25) is 5.91 Å². The summed E-state index contributed by atoms with van der Waals surface area (Å²) in [5.41, 5.74) is 0.423. The Kier molecular flexibility index (Phi) is 5.58. The van der Waals surface area contributed by atoms with Gasteiger partial charge in [-0.05, 0) is 40.0 Å². The highest BCUT2D eigenvalue weighted by atomic mass is 16.1. The zero-order chi connectivity index (χ0) is 17.1. The minimum absolute atomic E-state index is 0.118. The normalized spacial score (nSPS) is 23.0. The molecule has 0 aromatic rings. The molecule has 1 aliphatic carbocycles. The summed E-state index contributed by atoms with van der Waals surface area (Å²) in [5, 5.41) is 6.44. The topological polar surface area (TPSA) is 56.7 Å². The van der Waals surface area contributed by atoms with Crippen molar-refractivity contribution in [3.63, 3.8) is 0 Å². The van der Waals surface area contributed by atoms with Gasteiger partial charge in [0.05, 0.1) is 0 Å². The summed E-state index contributed by atoms with van der Waals surface area (Å²) in [7, 11) is 0. The molecule has 1 saturated heterocycles. The van der Waals surface area contributed by atoms with Crippen LogP contribution in [0.2, 0.25) is 0 Å². The number of nitrogens with zero attached hydrogens (tertiary/aromatic N) is 2. The molecular formula is C18H34N4O. The number of amides is 1. The maximum Gasteiger partial charge on any atom is 0.223 e. The summed E-state index contributed by atoms with van der Waals surface area (Å²) in [6, 6.07) is 0. The Morgan fingerprint density at radius 1 is 1.22 bits per heavy atom. The predicted molar refractivity (Wildman–Crippen MR) is 95.5 cm³/mol. The quantitative estimate of drug-likeness (QED) is 0.448. The molecule has 1 heterocycles. The van der Waals surface area contributed by atoms with E-state index in [4.69, 9.17) is 4.99 Å². The van der Waals surface area contributed by atoms with Gasteiger partial charge in [-0.1, -0.05) is 20.3 Å². The number of rotatable bonds is 6. The van der Waals surface area contributed by atoms with Crippen molar-refractivity contribution in [3.8, 4) is 0 Å². The Balaban J connectivity index is 1.77. The van der Waals surface area contributed by atoms with Gasteiger partial charge in [0.1, 0.15) is 0 Å². The Labute approximate surface area is 141 Å². The van der Waals surface area contributed by atoms with E-state index in [9.17, 15) is 4.79 Å². The summed E-state index contributed by atoms with van der Waals surface area (Å²) < 4.78 is 0. The Morgan fingerprint density at radius 2 is 1.91 bits per heavy atom. The van der Waals surface area contributed by atoms with Gasteiger partial charge in [-0.15, -0.1) is 0 Å². The molecule has 5 heteroatoms. The van der Waals surface area contributed by atoms with E-state index in [1.807, 2.05) is 0 Å². The fourth-order valence-electron chi connectivity index (χ4n) is 3.09. The number of carbonyl (C=O) groups is 1. The van der Waals surface area contributed by atoms with E-state index in [-0.39, 0.29) is 17.4 Å². The van der Waals surface area contributed by atoms with Gasteiger partial charge in [-0.25, -0.2) is 0 Å². The Hall–Kier alpha value is -1.26. The summed E-state index contributed by atoms with van der Waals surface area (Å²) in [4.78, 5) is 18.9. The van der Waals surface area contributed by atoms with Crippen molar-refractivity contribution in [1.82, 2.24) is 15.5 Å². The molecule has 0 unspecified atom stereocenters. The standard InChI is InChI=1S/C18H34N4O/c1-6-19-16(22-13-17(2,3)18(22,4)5)21-12-8-11-20-15(23)14-9-7-10-14/h14H,6-13H2,1-5H3,(H,19,21)(H,20,23). The molecule has 5 nitrogen and oxygen atoms in total. The zero-order valence-corrected chi connectivity index (χ0v) is 15.5. The molecule has 0 aromatic carbocycles. The van der Waals surface area contributed by atoms with Gasteiger partial charge in [0, 0.05) is 43.1 Å². The number of aliphatic imine (C=N–C) groups is 1. The SMILES string of the molecule is CCNC(=NCCCNC(=O)C1CCC1)N1CC(C)(C)C1(C)C. The average molecular weight is 322 g/mol. The van der Waals surface area contributed by atoms with Crippen LogP contribution in [-0.4, -0.2) is 48.5 Å². The highest BCUT2D eigenvalue weighted by Gasteiger charge is 2.53. The number of carbonyl (C=O) groups excluding carboxylic acids is 1. The third-order valence-electron chi connectivity index (χ3n) is 5.85. The van der Waals surface area contributed by atoms with Crippen LogP contribution in [0.4, 0.5) is 0 Å². The van der Waals surface area contributed by atoms with Gasteiger partial charge in [0.25, 0.3) is 0 Å². The first-order valence-electron chi connectivity index (χ1n) is 9.13. The molecule has 1 amide bonds. The van der Waals surface area contributed by atoms with E-state index >= 15 is 0 Å². The number of nitrogens with one attached hydrogen (secondary N) is 2. The van der Waals surface area contributed by atoms with Crippen LogP contribution >= 0.6 is 0 Å². The molecular weight excluding hydrogens is 288 g/mol. The van der Waals surface area contributed by atoms with Crippen molar-refractivity contribution in [2.24, 2.45) is 16.3 Å². The minimum Gasteiger partial charge on any atom is -0.356 e. The lowest BCUT2D eigenvalue weighted by molar-refractivity contribution is -0.127. The summed E-state index contributed by atoms with van der Waals surface area (Å²) in [5.74, 6) is 1.51. The molecule has 2 rings (SSSR count). The molecule has 0 aromatic heterocycles. The van der Waals surface area contributed by atoms with Crippen LogP contribution in [0.5, 0.6) is 0 Å². The molecule has 1 aliphatic heterocycles. The molecule has 0 radical (unpaired) electrons. The van der Waals surface area contributed by atoms with E-state index in [0.717, 1.165) is 51.4 Å². The smallest absolute Gasteiger partial charge is 0.223 e. The van der Waals surface area contributed by atoms with E-state index in [1.54, 1.807) is 0 Å². The van der Waals surface area contributed by atoms with Crippen LogP contribution in [0.3, 0.4) is 0 Å². The van der Waals surface area contributed by atoms with Gasteiger partial charge in [0.15, 0.2) is 5.96 Å². The molecule has 2 fully saturated rings. The number of hydrogen-bond donors (Lipinski definition) is 2. The Morgan fingerprint density at radius 3 is 2.39 bits per heavy atom. The number of guanidine groups is 1. The molecule has 0 atom stereocenters. The van der Waals surface area contributed by atoms with Gasteiger partial charge >= 0.3 is 0 Å². The third kappa shape index (κ3) is 3.81. The third-order valence-corrected chi connectivity index (χ3v) is 5.85. The van der Waals surface area contributed by atoms with Crippen molar-refractivity contribution < 1.29 is 4.79 Å². The highest BCUT2D eigenvalue weighted by Crippen LogP contribution is 2.46.